The summed E-state index contributed by atoms with van der Waals surface area (Å²) < 4.78 is 44.5. The highest BCUT2D eigenvalue weighted by atomic mass is 19.1. The monoisotopic (exact) mass is 1260 g/mol. The van der Waals surface area contributed by atoms with Gasteiger partial charge >= 0.3 is 12.2 Å². The summed E-state index contributed by atoms with van der Waals surface area (Å²) in [5.41, 5.74) is 8.95. The predicted molar refractivity (Wildman–Crippen MR) is 353 cm³/mol. The summed E-state index contributed by atoms with van der Waals surface area (Å²) >= 11 is 0. The van der Waals surface area contributed by atoms with Crippen molar-refractivity contribution in [3.05, 3.63) is 148 Å². The number of anilines is 3. The summed E-state index contributed by atoms with van der Waals surface area (Å²) in [7, 11) is 1.56. The van der Waals surface area contributed by atoms with Crippen LogP contribution in [0.25, 0.3) is 0 Å². The highest BCUT2D eigenvalue weighted by Gasteiger charge is 2.51. The number of ether oxygens (including phenoxy) is 3. The molecular weight excluding hydrogens is 1160 g/mol. The number of hydrogen-bond acceptors (Lipinski definition) is 12. The van der Waals surface area contributed by atoms with Crippen LogP contribution in [0.3, 0.4) is 0 Å². The molecular formula is C74H93F2N9O7. The van der Waals surface area contributed by atoms with Gasteiger partial charge in [-0.2, -0.15) is 0 Å². The van der Waals surface area contributed by atoms with Crippen LogP contribution in [0.5, 0.6) is 5.75 Å². The third kappa shape index (κ3) is 12.6. The number of carbonyl (C=O) groups is 4. The fourth-order valence-corrected chi connectivity index (χ4v) is 18.0. The molecule has 490 valence electrons. The maximum Gasteiger partial charge on any atom is 0.409 e. The Morgan fingerprint density at radius 3 is 1.60 bits per heavy atom. The number of nitrogens with zero attached hydrogens (tertiary/aromatic N) is 8. The van der Waals surface area contributed by atoms with Crippen LogP contribution in [0, 0.1) is 30.4 Å². The van der Waals surface area contributed by atoms with E-state index in [4.69, 9.17) is 14.2 Å². The molecule has 16 nitrogen and oxygen atoms in total. The van der Waals surface area contributed by atoms with Crippen LogP contribution in [0.1, 0.15) is 147 Å². The summed E-state index contributed by atoms with van der Waals surface area (Å²) in [5.74, 6) is 1.93. The van der Waals surface area contributed by atoms with E-state index in [0.29, 0.717) is 86.9 Å². The van der Waals surface area contributed by atoms with E-state index in [-0.39, 0.29) is 46.5 Å². The van der Waals surface area contributed by atoms with Gasteiger partial charge in [-0.05, 0) is 239 Å². The molecule has 5 saturated heterocycles. The number of pyridine rings is 1. The fourth-order valence-electron chi connectivity index (χ4n) is 18.0. The topological polar surface area (TPSA) is 144 Å². The smallest absolute Gasteiger partial charge is 0.409 e. The number of rotatable bonds is 8. The zero-order chi connectivity index (χ0) is 63.7. The molecule has 18 heteroatoms. The number of methoxy groups -OCH3 is 1. The van der Waals surface area contributed by atoms with E-state index in [0.717, 1.165) is 124 Å². The van der Waals surface area contributed by atoms with Crippen LogP contribution in [-0.4, -0.2) is 177 Å². The van der Waals surface area contributed by atoms with Gasteiger partial charge in [-0.15, -0.1) is 0 Å². The number of carbonyl (C=O) groups excluding carboxylic acids is 4. The second kappa shape index (κ2) is 27.1. The van der Waals surface area contributed by atoms with Crippen LogP contribution < -0.4 is 19.9 Å². The normalized spacial score (nSPS) is 23.9. The van der Waals surface area contributed by atoms with E-state index in [9.17, 15) is 28.0 Å². The van der Waals surface area contributed by atoms with Crippen molar-refractivity contribution < 1.29 is 42.2 Å². The van der Waals surface area contributed by atoms with E-state index in [1.807, 2.05) is 30.9 Å². The van der Waals surface area contributed by atoms with Crippen LogP contribution in [0.4, 0.5) is 35.4 Å². The van der Waals surface area contributed by atoms with E-state index >= 15 is 0 Å². The van der Waals surface area contributed by atoms with Crippen molar-refractivity contribution in [3.8, 4) is 5.75 Å². The zero-order valence-electron chi connectivity index (χ0n) is 54.4. The van der Waals surface area contributed by atoms with Crippen molar-refractivity contribution in [2.75, 3.05) is 121 Å². The van der Waals surface area contributed by atoms with Crippen LogP contribution >= 0.6 is 0 Å². The van der Waals surface area contributed by atoms with Gasteiger partial charge in [0.2, 0.25) is 0 Å². The SMILES string of the molecule is CCOC(=O)N1CCC(N2CCC3(CC2)CN(C(=O)c2ccccc2OC)c2ccc(F)cc23)CC1.CCOC(=O)N1CCC(N2CCC3(CC2)CN(C(=O)c2ccncc2)c2ccc(F)cc23)CC1.Cc1ccc2c(c1)C1(CCN([C@@H]3C[C@@H]4CC[C@H]3C4)CC1)CN2. The highest BCUT2D eigenvalue weighted by molar-refractivity contribution is 6.09. The van der Waals surface area contributed by atoms with Crippen molar-refractivity contribution in [1.29, 1.82) is 0 Å². The average Bonchev–Trinajstić information content (AvgIpc) is 1.60. The molecule has 8 aliphatic heterocycles. The van der Waals surface area contributed by atoms with Gasteiger partial charge in [0.15, 0.2) is 0 Å². The Bertz CT molecular complexity index is 3460. The van der Waals surface area contributed by atoms with Gasteiger partial charge in [-0.3, -0.25) is 14.6 Å². The van der Waals surface area contributed by atoms with Gasteiger partial charge in [-0.25, -0.2) is 18.4 Å². The van der Waals surface area contributed by atoms with Crippen LogP contribution in [-0.2, 0) is 25.7 Å². The van der Waals surface area contributed by atoms with Crippen molar-refractivity contribution in [2.45, 2.75) is 145 Å². The highest BCUT2D eigenvalue weighted by Crippen LogP contribution is 2.52. The van der Waals surface area contributed by atoms with Crippen molar-refractivity contribution in [1.82, 2.24) is 29.5 Å². The first-order valence-electron chi connectivity index (χ1n) is 34.4. The quantitative estimate of drug-likeness (QED) is 0.158. The van der Waals surface area contributed by atoms with E-state index in [2.05, 4.69) is 50.1 Å². The number of fused-ring (bicyclic) bond motifs is 8. The number of amides is 4. The second-order valence-corrected chi connectivity index (χ2v) is 28.0. The lowest BCUT2D eigenvalue weighted by atomic mass is 9.73. The summed E-state index contributed by atoms with van der Waals surface area (Å²) in [4.78, 5) is 70.1. The lowest BCUT2D eigenvalue weighted by Gasteiger charge is -2.45. The molecule has 3 atom stereocenters. The van der Waals surface area contributed by atoms with Gasteiger partial charge in [-0.1, -0.05) is 36.2 Å². The molecule has 2 saturated carbocycles. The van der Waals surface area contributed by atoms with E-state index < -0.39 is 0 Å². The fraction of sp³-hybridized carbons (Fsp3) is 0.554. The second-order valence-electron chi connectivity index (χ2n) is 28.0. The number of benzene rings is 4. The first-order chi connectivity index (χ1) is 44.7. The molecule has 9 heterocycles. The average molecular weight is 1260 g/mol. The molecule has 92 heavy (non-hydrogen) atoms. The van der Waals surface area contributed by atoms with Gasteiger partial charge in [0.05, 0.1) is 25.9 Å². The summed E-state index contributed by atoms with van der Waals surface area (Å²) in [6, 6.07) is 29.1. The molecule has 4 aromatic carbocycles. The molecule has 3 spiro atoms. The Morgan fingerprint density at radius 1 is 0.565 bits per heavy atom. The van der Waals surface area contributed by atoms with Crippen molar-refractivity contribution in [3.63, 3.8) is 0 Å². The standard InChI is InChI=1S/C28H34FN3O4.C26H31FN4O3.C20H28N2/c1-3-36-27(34)31-14-10-21(11-15-31)30-16-12-28(13-17-30)19-32(24-9-8-20(29)18-23(24)28)26(33)22-6-4-5-7-25(22)35-2;1-2-34-25(33)30-13-7-21(8-14-30)29-15-9-26(10-16-29)18-31(23-4-3-20(27)17-22(23)26)24(32)19-5-11-28-12-6-19;1-14-2-5-18-17(10-14)20(13-21-18)6-8-22(9-7-20)19-12-15-3-4-16(19)11-15/h4-9,18,21H,3,10-17,19H2,1-2H3;3-6,11-12,17,21H,2,7-10,13-16,18H2,1H3;2,5,10,15-16,19,21H,3-4,6-9,11-13H2,1H3/t;;15-,16+,19-/m..1/s1. The molecule has 10 aliphatic rings. The Balaban J connectivity index is 0.000000129. The summed E-state index contributed by atoms with van der Waals surface area (Å²) in [6.45, 7) is 18.0. The minimum atomic E-state index is -0.270. The van der Waals surface area contributed by atoms with Crippen LogP contribution in [0.2, 0.25) is 0 Å². The van der Waals surface area contributed by atoms with Crippen molar-refractivity contribution in [2.24, 2.45) is 11.8 Å². The van der Waals surface area contributed by atoms with Gasteiger partial charge in [0.25, 0.3) is 11.8 Å². The van der Waals surface area contributed by atoms with E-state index in [1.54, 1.807) is 88.3 Å². The minimum Gasteiger partial charge on any atom is -0.496 e. The third-order valence-electron chi connectivity index (χ3n) is 23.1. The molecule has 1 N–H and O–H groups in total. The molecule has 0 radical (unpaired) electrons. The number of nitrogens with one attached hydrogen (secondary N) is 1. The number of aryl methyl sites for hydroxylation is 1. The maximum atomic E-state index is 14.4. The summed E-state index contributed by atoms with van der Waals surface area (Å²) in [6.07, 6.45) is 18.8. The third-order valence-corrected chi connectivity index (χ3v) is 23.1. The molecule has 15 rings (SSSR count). The molecule has 2 bridgehead atoms. The first-order valence-corrected chi connectivity index (χ1v) is 34.4. The number of para-hydroxylation sites is 1. The number of halogens is 2. The Hall–Kier alpha value is -7.15. The molecule has 0 unspecified atom stereocenters. The molecule has 4 amide bonds. The molecule has 5 aromatic rings. The first kappa shape index (κ1) is 63.6. The number of aromatic nitrogens is 1. The van der Waals surface area contributed by atoms with Gasteiger partial charge < -0.3 is 53.8 Å². The van der Waals surface area contributed by atoms with Gasteiger partial charge in [0, 0.05) is 115 Å². The lowest BCUT2D eigenvalue weighted by Crippen LogP contribution is -2.52. The van der Waals surface area contributed by atoms with Crippen LogP contribution in [0.15, 0.2) is 103 Å². The largest absolute Gasteiger partial charge is 0.496 e. The molecule has 1 aromatic heterocycles. The van der Waals surface area contributed by atoms with Gasteiger partial charge in [0.1, 0.15) is 17.4 Å². The Morgan fingerprint density at radius 2 is 1.09 bits per heavy atom. The zero-order valence-corrected chi connectivity index (χ0v) is 54.4. The van der Waals surface area contributed by atoms with Crippen molar-refractivity contribution >= 4 is 41.1 Å². The minimum absolute atomic E-state index is 0.0686. The number of piperidine rings is 5. The number of likely N-dealkylation sites (tertiary alicyclic amines) is 5. The molecule has 7 fully saturated rings. The summed E-state index contributed by atoms with van der Waals surface area (Å²) in [5, 5.41) is 3.68. The Kier molecular flexibility index (Phi) is 18.7. The maximum absolute atomic E-state index is 14.4. The lowest BCUT2D eigenvalue weighted by molar-refractivity contribution is 0.0572. The molecule has 2 aliphatic carbocycles. The Labute approximate surface area is 541 Å². The number of hydrogen-bond donors (Lipinski definition) is 1. The predicted octanol–water partition coefficient (Wildman–Crippen LogP) is 12.2. The van der Waals surface area contributed by atoms with E-state index in [1.165, 1.54) is 75.0 Å².